The maximum Gasteiger partial charge on any atom is 0.416 e. The van der Waals surface area contributed by atoms with E-state index in [0.29, 0.717) is 5.56 Å². The van der Waals surface area contributed by atoms with E-state index in [-0.39, 0.29) is 11.5 Å². The average molecular weight is 277 g/mol. The molecule has 4 N–H and O–H groups in total. The van der Waals surface area contributed by atoms with Gasteiger partial charge in [-0.1, -0.05) is 12.1 Å². The summed E-state index contributed by atoms with van der Waals surface area (Å²) in [5, 5.41) is -0.101. The van der Waals surface area contributed by atoms with E-state index in [1.54, 1.807) is 0 Å². The van der Waals surface area contributed by atoms with Crippen LogP contribution >= 0.6 is 12.2 Å². The molecule has 0 unspecified atom stereocenters. The summed E-state index contributed by atoms with van der Waals surface area (Å²) in [4.78, 5) is 11.3. The first-order valence-corrected chi connectivity index (χ1v) is 5.20. The predicted octanol–water partition coefficient (Wildman–Crippen LogP) is 1.11. The SMILES string of the molecule is NC(=S)NNC(=O)Cc1ccc(C(F)(F)F)cc1. The van der Waals surface area contributed by atoms with Gasteiger partial charge in [0.15, 0.2) is 5.11 Å². The maximum absolute atomic E-state index is 12.3. The lowest BCUT2D eigenvalue weighted by Crippen LogP contribution is -2.44. The molecule has 4 nitrogen and oxygen atoms in total. The summed E-state index contributed by atoms with van der Waals surface area (Å²) in [5.41, 5.74) is 9.20. The van der Waals surface area contributed by atoms with Crippen LogP contribution in [-0.2, 0) is 17.4 Å². The number of alkyl halides is 3. The lowest BCUT2D eigenvalue weighted by Gasteiger charge is -2.08. The molecule has 1 aromatic carbocycles. The highest BCUT2D eigenvalue weighted by molar-refractivity contribution is 7.80. The summed E-state index contributed by atoms with van der Waals surface area (Å²) in [6.45, 7) is 0. The first-order chi connectivity index (χ1) is 8.29. The Morgan fingerprint density at radius 3 is 2.22 bits per heavy atom. The quantitative estimate of drug-likeness (QED) is 0.559. The van der Waals surface area contributed by atoms with Gasteiger partial charge in [0, 0.05) is 0 Å². The molecule has 1 rings (SSSR count). The highest BCUT2D eigenvalue weighted by Gasteiger charge is 2.29. The fourth-order valence-electron chi connectivity index (χ4n) is 1.17. The molecule has 1 aromatic rings. The third-order valence-electron chi connectivity index (χ3n) is 1.97. The molecule has 0 bridgehead atoms. The molecule has 0 aromatic heterocycles. The van der Waals surface area contributed by atoms with Crippen molar-refractivity contribution in [2.75, 3.05) is 0 Å². The molecule has 0 aliphatic carbocycles. The van der Waals surface area contributed by atoms with Gasteiger partial charge in [-0.05, 0) is 29.9 Å². The van der Waals surface area contributed by atoms with Gasteiger partial charge in [0.1, 0.15) is 0 Å². The molecule has 8 heteroatoms. The minimum atomic E-state index is -4.38. The van der Waals surface area contributed by atoms with Gasteiger partial charge in [0.05, 0.1) is 12.0 Å². The molecular weight excluding hydrogens is 267 g/mol. The molecule has 0 heterocycles. The monoisotopic (exact) mass is 277 g/mol. The maximum atomic E-state index is 12.3. The smallest absolute Gasteiger partial charge is 0.375 e. The normalized spacial score (nSPS) is 10.8. The molecule has 0 atom stereocenters. The van der Waals surface area contributed by atoms with Crippen molar-refractivity contribution in [3.05, 3.63) is 35.4 Å². The fourth-order valence-corrected chi connectivity index (χ4v) is 1.22. The van der Waals surface area contributed by atoms with Gasteiger partial charge in [-0.3, -0.25) is 15.6 Å². The number of hydrogen-bond donors (Lipinski definition) is 3. The number of hydrazine groups is 1. The second-order valence-electron chi connectivity index (χ2n) is 3.41. The van der Waals surface area contributed by atoms with Crippen LogP contribution in [0.2, 0.25) is 0 Å². The molecule has 0 aliphatic rings. The van der Waals surface area contributed by atoms with Crippen LogP contribution in [0, 0.1) is 0 Å². The number of halogens is 3. The number of amides is 1. The second-order valence-corrected chi connectivity index (χ2v) is 3.85. The van der Waals surface area contributed by atoms with Gasteiger partial charge < -0.3 is 5.73 Å². The standard InChI is InChI=1S/C10H10F3N3OS/c11-10(12,13)7-3-1-6(2-4-7)5-8(17)15-16-9(14)18/h1-4H,5H2,(H,15,17)(H3,14,16,18). The lowest BCUT2D eigenvalue weighted by molar-refractivity contribution is -0.137. The summed E-state index contributed by atoms with van der Waals surface area (Å²) in [5.74, 6) is -0.456. The van der Waals surface area contributed by atoms with E-state index in [1.165, 1.54) is 12.1 Å². The Morgan fingerprint density at radius 2 is 1.78 bits per heavy atom. The number of carbonyl (C=O) groups is 1. The molecule has 0 radical (unpaired) electrons. The Hall–Kier alpha value is -1.83. The van der Waals surface area contributed by atoms with Crippen LogP contribution in [0.5, 0.6) is 0 Å². The van der Waals surface area contributed by atoms with Crippen molar-refractivity contribution in [3.8, 4) is 0 Å². The van der Waals surface area contributed by atoms with Gasteiger partial charge in [0.2, 0.25) is 5.91 Å². The van der Waals surface area contributed by atoms with Crippen molar-refractivity contribution in [3.63, 3.8) is 0 Å². The third-order valence-corrected chi connectivity index (χ3v) is 2.07. The molecule has 18 heavy (non-hydrogen) atoms. The Morgan fingerprint density at radius 1 is 1.22 bits per heavy atom. The predicted molar refractivity (Wildman–Crippen MR) is 63.2 cm³/mol. The third kappa shape index (κ3) is 4.58. The number of nitrogens with one attached hydrogen (secondary N) is 2. The molecule has 0 saturated heterocycles. The van der Waals surface area contributed by atoms with Crippen LogP contribution < -0.4 is 16.6 Å². The van der Waals surface area contributed by atoms with Crippen molar-refractivity contribution in [2.45, 2.75) is 12.6 Å². The van der Waals surface area contributed by atoms with Crippen LogP contribution in [-0.4, -0.2) is 11.0 Å². The van der Waals surface area contributed by atoms with Gasteiger partial charge in [0.25, 0.3) is 0 Å². The van der Waals surface area contributed by atoms with Gasteiger partial charge in [-0.25, -0.2) is 0 Å². The Kier molecular flexibility index (Phi) is 4.49. The number of thiocarbonyl (C=S) groups is 1. The average Bonchev–Trinajstić information content (AvgIpc) is 2.26. The molecular formula is C10H10F3N3OS. The number of rotatable bonds is 2. The van der Waals surface area contributed by atoms with E-state index in [2.05, 4.69) is 23.1 Å². The van der Waals surface area contributed by atoms with E-state index < -0.39 is 17.6 Å². The highest BCUT2D eigenvalue weighted by Crippen LogP contribution is 2.29. The summed E-state index contributed by atoms with van der Waals surface area (Å²) in [6.07, 6.45) is -4.46. The zero-order valence-corrected chi connectivity index (χ0v) is 9.86. The van der Waals surface area contributed by atoms with Crippen LogP contribution in [0.1, 0.15) is 11.1 Å². The minimum Gasteiger partial charge on any atom is -0.375 e. The van der Waals surface area contributed by atoms with E-state index in [9.17, 15) is 18.0 Å². The number of hydrogen-bond acceptors (Lipinski definition) is 2. The van der Waals surface area contributed by atoms with Crippen LogP contribution in [0.15, 0.2) is 24.3 Å². The Bertz CT molecular complexity index is 445. The van der Waals surface area contributed by atoms with E-state index in [0.717, 1.165) is 12.1 Å². The lowest BCUT2D eigenvalue weighted by atomic mass is 10.1. The van der Waals surface area contributed by atoms with Crippen molar-refractivity contribution in [1.82, 2.24) is 10.9 Å². The van der Waals surface area contributed by atoms with Crippen molar-refractivity contribution in [2.24, 2.45) is 5.73 Å². The van der Waals surface area contributed by atoms with E-state index >= 15 is 0 Å². The largest absolute Gasteiger partial charge is 0.416 e. The van der Waals surface area contributed by atoms with Gasteiger partial charge >= 0.3 is 6.18 Å². The molecule has 0 spiro atoms. The molecule has 0 fully saturated rings. The van der Waals surface area contributed by atoms with Gasteiger partial charge in [-0.15, -0.1) is 0 Å². The first kappa shape index (κ1) is 14.2. The summed E-state index contributed by atoms with van der Waals surface area (Å²) in [7, 11) is 0. The van der Waals surface area contributed by atoms with Crippen LogP contribution in [0.3, 0.4) is 0 Å². The van der Waals surface area contributed by atoms with Gasteiger partial charge in [-0.2, -0.15) is 13.2 Å². The van der Waals surface area contributed by atoms with E-state index in [1.807, 2.05) is 0 Å². The van der Waals surface area contributed by atoms with E-state index in [4.69, 9.17) is 5.73 Å². The number of nitrogens with two attached hydrogens (primary N) is 1. The second kappa shape index (κ2) is 5.67. The minimum absolute atomic E-state index is 0.0756. The number of carbonyl (C=O) groups excluding carboxylic acids is 1. The van der Waals surface area contributed by atoms with Crippen LogP contribution in [0.25, 0.3) is 0 Å². The van der Waals surface area contributed by atoms with Crippen molar-refractivity contribution >= 4 is 23.2 Å². The molecule has 0 aliphatic heterocycles. The molecule has 0 saturated carbocycles. The first-order valence-electron chi connectivity index (χ1n) is 4.79. The summed E-state index contributed by atoms with van der Waals surface area (Å²) >= 11 is 4.46. The zero-order valence-electron chi connectivity index (χ0n) is 9.04. The van der Waals surface area contributed by atoms with Crippen LogP contribution in [0.4, 0.5) is 13.2 Å². The zero-order chi connectivity index (χ0) is 13.8. The fraction of sp³-hybridized carbons (Fsp3) is 0.200. The van der Waals surface area contributed by atoms with Crippen molar-refractivity contribution < 1.29 is 18.0 Å². The number of benzene rings is 1. The molecule has 98 valence electrons. The Balaban J connectivity index is 2.59. The molecule has 1 amide bonds. The Labute approximate surface area is 106 Å². The highest BCUT2D eigenvalue weighted by atomic mass is 32.1. The summed E-state index contributed by atoms with van der Waals surface area (Å²) < 4.78 is 36.8. The van der Waals surface area contributed by atoms with Crippen molar-refractivity contribution in [1.29, 1.82) is 0 Å². The topological polar surface area (TPSA) is 67.2 Å². The summed E-state index contributed by atoms with van der Waals surface area (Å²) in [6, 6.07) is 4.32.